The number of hydrogen-bond donors (Lipinski definition) is 0. The number of rotatable bonds is 9. The van der Waals surface area contributed by atoms with Gasteiger partial charge in [-0.05, 0) is 51.9 Å². The van der Waals surface area contributed by atoms with Gasteiger partial charge in [0.25, 0.3) is 8.32 Å². The molecule has 210 valence electrons. The van der Waals surface area contributed by atoms with Crippen LogP contribution in [0.2, 0.25) is 5.04 Å². The number of fused-ring (bicyclic) bond motifs is 2. The molecule has 1 heterocycles. The number of esters is 1. The molecule has 0 unspecified atom stereocenters. The van der Waals surface area contributed by atoms with Crippen LogP contribution in [-0.4, -0.2) is 40.7 Å². The Labute approximate surface area is 238 Å². The first kappa shape index (κ1) is 28.5. The molecule has 3 aromatic carbocycles. The maximum atomic E-state index is 13.9. The van der Waals surface area contributed by atoms with Gasteiger partial charge in [-0.25, -0.2) is 9.18 Å². The Morgan fingerprint density at radius 2 is 1.60 bits per heavy atom. The average Bonchev–Trinajstić information content (AvgIpc) is 3.52. The van der Waals surface area contributed by atoms with E-state index in [1.165, 1.54) is 35.7 Å². The molecule has 3 aromatic rings. The first-order chi connectivity index (χ1) is 19.2. The molecule has 2 aliphatic rings. The van der Waals surface area contributed by atoms with Gasteiger partial charge in [0.1, 0.15) is 5.82 Å². The molecule has 40 heavy (non-hydrogen) atoms. The Balaban J connectivity index is 1.54. The minimum atomic E-state index is -2.74. The van der Waals surface area contributed by atoms with Crippen LogP contribution in [0.5, 0.6) is 0 Å². The van der Waals surface area contributed by atoms with Crippen molar-refractivity contribution in [1.29, 1.82) is 0 Å². The third-order valence-corrected chi connectivity index (χ3v) is 14.0. The average molecular weight is 559 g/mol. The first-order valence-corrected chi connectivity index (χ1v) is 16.0. The van der Waals surface area contributed by atoms with E-state index in [1.54, 1.807) is 0 Å². The molecule has 0 N–H and O–H groups in total. The smallest absolute Gasteiger partial charge is 0.330 e. The first-order valence-electron chi connectivity index (χ1n) is 14.1. The topological polar surface area (TPSA) is 44.8 Å². The zero-order chi connectivity index (χ0) is 28.4. The van der Waals surface area contributed by atoms with E-state index in [0.717, 1.165) is 12.0 Å². The Morgan fingerprint density at radius 3 is 2.15 bits per heavy atom. The minimum Gasteiger partial charge on any atom is -0.466 e. The van der Waals surface area contributed by atoms with Crippen molar-refractivity contribution in [2.24, 2.45) is 11.8 Å². The number of methoxy groups -OCH3 is 1. The Bertz CT molecular complexity index is 1280. The zero-order valence-corrected chi connectivity index (χ0v) is 24.8. The quantitative estimate of drug-likeness (QED) is 0.189. The van der Waals surface area contributed by atoms with Crippen molar-refractivity contribution in [1.82, 2.24) is 0 Å². The van der Waals surface area contributed by atoms with Crippen LogP contribution < -0.4 is 10.4 Å². The van der Waals surface area contributed by atoms with Gasteiger partial charge in [0.05, 0.1) is 19.8 Å². The van der Waals surface area contributed by atoms with Gasteiger partial charge in [0.2, 0.25) is 0 Å². The summed E-state index contributed by atoms with van der Waals surface area (Å²) in [5.74, 6) is -0.337. The second-order valence-electron chi connectivity index (χ2n) is 12.1. The molecule has 6 heteroatoms. The van der Waals surface area contributed by atoms with E-state index < -0.39 is 8.32 Å². The summed E-state index contributed by atoms with van der Waals surface area (Å²) in [4.78, 5) is 11.9. The van der Waals surface area contributed by atoms with Crippen molar-refractivity contribution in [2.75, 3.05) is 20.3 Å². The SMILES string of the molecule is COC(=O)C=CC[C@H]1[C@H](CO[Si](c2ccccc2)(c2ccccc2)C(C)(C)C)[C@@H]2C[C@@]1(c1ccc(F)cc1)CO2. The van der Waals surface area contributed by atoms with Crippen LogP contribution in [-0.2, 0) is 24.1 Å². The molecule has 0 spiro atoms. The van der Waals surface area contributed by atoms with Crippen LogP contribution in [0, 0.1) is 17.7 Å². The van der Waals surface area contributed by atoms with Gasteiger partial charge in [0, 0.05) is 24.0 Å². The lowest BCUT2D eigenvalue weighted by atomic mass is 9.69. The Hall–Kier alpha value is -3.06. The van der Waals surface area contributed by atoms with E-state index in [-0.39, 0.29) is 40.2 Å². The number of halogens is 1. The molecule has 4 atom stereocenters. The molecule has 2 fully saturated rings. The van der Waals surface area contributed by atoms with Crippen molar-refractivity contribution in [3.63, 3.8) is 0 Å². The number of allylic oxidation sites excluding steroid dienone is 1. The maximum absolute atomic E-state index is 13.9. The summed E-state index contributed by atoms with van der Waals surface area (Å²) in [5, 5.41) is 2.35. The number of carbonyl (C=O) groups is 1. The lowest BCUT2D eigenvalue weighted by Gasteiger charge is -2.45. The van der Waals surface area contributed by atoms with Gasteiger partial charge >= 0.3 is 5.97 Å². The Morgan fingerprint density at radius 1 is 1.00 bits per heavy atom. The molecule has 0 aromatic heterocycles. The number of carbonyl (C=O) groups excluding carboxylic acids is 1. The fourth-order valence-corrected chi connectivity index (χ4v) is 11.7. The summed E-state index contributed by atoms with van der Waals surface area (Å²) in [6.07, 6.45) is 4.98. The van der Waals surface area contributed by atoms with E-state index >= 15 is 0 Å². The highest BCUT2D eigenvalue weighted by atomic mass is 28.4. The molecule has 2 bridgehead atoms. The fraction of sp³-hybridized carbons (Fsp3) is 0.382. The summed E-state index contributed by atoms with van der Waals surface area (Å²) in [6, 6.07) is 28.2. The van der Waals surface area contributed by atoms with E-state index in [0.29, 0.717) is 19.6 Å². The van der Waals surface area contributed by atoms with Crippen molar-refractivity contribution in [3.8, 4) is 0 Å². The molecular formula is C34H39FO4Si. The monoisotopic (exact) mass is 558 g/mol. The largest absolute Gasteiger partial charge is 0.466 e. The fourth-order valence-electron chi connectivity index (χ4n) is 7.12. The van der Waals surface area contributed by atoms with Crippen LogP contribution in [0.15, 0.2) is 97.1 Å². The van der Waals surface area contributed by atoms with E-state index in [2.05, 4.69) is 81.4 Å². The highest BCUT2D eigenvalue weighted by Gasteiger charge is 2.60. The molecule has 0 amide bonds. The van der Waals surface area contributed by atoms with E-state index in [1.807, 2.05) is 18.2 Å². The second-order valence-corrected chi connectivity index (χ2v) is 16.4. The molecule has 1 aliphatic carbocycles. The van der Waals surface area contributed by atoms with Crippen LogP contribution in [0.1, 0.15) is 39.2 Å². The van der Waals surface area contributed by atoms with Gasteiger partial charge in [-0.15, -0.1) is 0 Å². The normalized spacial score (nSPS) is 24.5. The van der Waals surface area contributed by atoms with Crippen molar-refractivity contribution >= 4 is 24.7 Å². The third-order valence-electron chi connectivity index (χ3n) is 9.00. The highest BCUT2D eigenvalue weighted by Crippen LogP contribution is 2.57. The molecule has 0 radical (unpaired) electrons. The molecular weight excluding hydrogens is 519 g/mol. The van der Waals surface area contributed by atoms with Crippen LogP contribution in [0.4, 0.5) is 4.39 Å². The van der Waals surface area contributed by atoms with Crippen molar-refractivity contribution < 1.29 is 23.1 Å². The molecule has 1 aliphatic heterocycles. The van der Waals surface area contributed by atoms with Crippen molar-refractivity contribution in [3.05, 3.63) is 108 Å². The van der Waals surface area contributed by atoms with Gasteiger partial charge in [-0.3, -0.25) is 0 Å². The summed E-state index contributed by atoms with van der Waals surface area (Å²) < 4.78 is 32.5. The van der Waals surface area contributed by atoms with Gasteiger partial charge < -0.3 is 13.9 Å². The lowest BCUT2D eigenvalue weighted by molar-refractivity contribution is -0.134. The van der Waals surface area contributed by atoms with Crippen LogP contribution in [0.25, 0.3) is 0 Å². The Kier molecular flexibility index (Phi) is 8.14. The molecule has 1 saturated carbocycles. The van der Waals surface area contributed by atoms with Crippen molar-refractivity contribution in [2.45, 2.75) is 50.2 Å². The van der Waals surface area contributed by atoms with Crippen LogP contribution in [0.3, 0.4) is 0 Å². The summed E-state index contributed by atoms with van der Waals surface area (Å²) >= 11 is 0. The van der Waals surface area contributed by atoms with E-state index in [9.17, 15) is 9.18 Å². The number of hydrogen-bond acceptors (Lipinski definition) is 4. The standard InChI is InChI=1S/C34H39FO4Si/c1-33(2,3)40(27-12-7-5-8-13-27,28-14-9-6-10-15-28)39-23-29-30(16-11-17-32(36)37-4)34(22-31(29)38-24-34)25-18-20-26(35)21-19-25/h5-15,17-21,29-31H,16,22-24H2,1-4H3/t29-,30-,31-,34-/m0/s1. The highest BCUT2D eigenvalue weighted by molar-refractivity contribution is 6.99. The van der Waals surface area contributed by atoms with Crippen LogP contribution >= 0.6 is 0 Å². The predicted molar refractivity (Wildman–Crippen MR) is 159 cm³/mol. The maximum Gasteiger partial charge on any atom is 0.330 e. The van der Waals surface area contributed by atoms with E-state index in [4.69, 9.17) is 13.9 Å². The zero-order valence-electron chi connectivity index (χ0n) is 23.8. The third kappa shape index (κ3) is 5.09. The van der Waals surface area contributed by atoms with Gasteiger partial charge in [-0.2, -0.15) is 0 Å². The summed E-state index contributed by atoms with van der Waals surface area (Å²) in [7, 11) is -1.35. The molecule has 4 nitrogen and oxygen atoms in total. The lowest BCUT2D eigenvalue weighted by Crippen LogP contribution is -2.67. The number of ether oxygens (including phenoxy) is 2. The predicted octanol–water partition coefficient (Wildman–Crippen LogP) is 5.79. The molecule has 5 rings (SSSR count). The molecule has 1 saturated heterocycles. The summed E-state index contributed by atoms with van der Waals surface area (Å²) in [6.45, 7) is 7.97. The minimum absolute atomic E-state index is 0.0276. The van der Waals surface area contributed by atoms with Gasteiger partial charge in [-0.1, -0.05) is 99.6 Å². The second kappa shape index (κ2) is 11.4. The summed E-state index contributed by atoms with van der Waals surface area (Å²) in [5.41, 5.74) is 0.819. The number of benzene rings is 3. The van der Waals surface area contributed by atoms with Gasteiger partial charge in [0.15, 0.2) is 0 Å².